The lowest BCUT2D eigenvalue weighted by molar-refractivity contribution is -0.137. The molecule has 2 aromatic carbocycles. The fraction of sp³-hybridized carbons (Fsp3) is 0.143. The Morgan fingerprint density at radius 1 is 1.05 bits per heavy atom. The van der Waals surface area contributed by atoms with Gasteiger partial charge in [-0.05, 0) is 59.8 Å². The standard InChI is InChI=1S/C7H5F3O3S.C7H7I/c8-7(9,10)5-2-1-3-6(4-5)14(11,12)13;1-6-2-4-7(8)5-3-6/h1-4H,(H,11,12,13);2-5H,1H3. The Labute approximate surface area is 140 Å². The van der Waals surface area contributed by atoms with Crippen LogP contribution in [0.25, 0.3) is 0 Å². The predicted octanol–water partition coefficient (Wildman–Crippen LogP) is 4.55. The lowest BCUT2D eigenvalue weighted by Gasteiger charge is -2.06. The van der Waals surface area contributed by atoms with E-state index in [1.54, 1.807) is 0 Å². The van der Waals surface area contributed by atoms with Crippen LogP contribution in [0.2, 0.25) is 0 Å². The molecule has 0 aliphatic rings. The second kappa shape index (κ2) is 7.42. The summed E-state index contributed by atoms with van der Waals surface area (Å²) in [7, 11) is -4.59. The van der Waals surface area contributed by atoms with Crippen LogP contribution in [0.5, 0.6) is 0 Å². The SMILES string of the molecule is Cc1ccc(I)cc1.O=S(=O)(O)c1cccc(C(F)(F)F)c1. The Morgan fingerprint density at radius 3 is 2.00 bits per heavy atom. The van der Waals surface area contributed by atoms with Crippen LogP contribution in [0.3, 0.4) is 0 Å². The molecule has 0 saturated heterocycles. The smallest absolute Gasteiger partial charge is 0.282 e. The van der Waals surface area contributed by atoms with Crippen LogP contribution in [-0.4, -0.2) is 13.0 Å². The van der Waals surface area contributed by atoms with Gasteiger partial charge < -0.3 is 0 Å². The van der Waals surface area contributed by atoms with Gasteiger partial charge in [-0.3, -0.25) is 4.55 Å². The Hall–Kier alpha value is -1.13. The van der Waals surface area contributed by atoms with Crippen LogP contribution in [-0.2, 0) is 16.3 Å². The lowest BCUT2D eigenvalue weighted by Crippen LogP contribution is -2.07. The summed E-state index contributed by atoms with van der Waals surface area (Å²) in [4.78, 5) is -0.771. The average molecular weight is 444 g/mol. The van der Waals surface area contributed by atoms with Gasteiger partial charge in [-0.2, -0.15) is 21.6 Å². The Bertz CT molecular complexity index is 705. The summed E-state index contributed by atoms with van der Waals surface area (Å²) >= 11 is 2.30. The van der Waals surface area contributed by atoms with E-state index in [1.165, 1.54) is 9.13 Å². The normalized spacial score (nSPS) is 11.5. The van der Waals surface area contributed by atoms with Crippen molar-refractivity contribution in [3.05, 3.63) is 63.2 Å². The molecule has 0 amide bonds. The molecular formula is C14H12F3IO3S. The third-order valence-corrected chi connectivity index (χ3v) is 4.04. The Balaban J connectivity index is 0.000000255. The highest BCUT2D eigenvalue weighted by molar-refractivity contribution is 14.1. The first kappa shape index (κ1) is 18.9. The van der Waals surface area contributed by atoms with E-state index in [9.17, 15) is 21.6 Å². The largest absolute Gasteiger partial charge is 0.416 e. The predicted molar refractivity (Wildman–Crippen MR) is 85.2 cm³/mol. The third kappa shape index (κ3) is 6.32. The Morgan fingerprint density at radius 2 is 1.59 bits per heavy atom. The van der Waals surface area contributed by atoms with Gasteiger partial charge in [0.1, 0.15) is 0 Å². The van der Waals surface area contributed by atoms with E-state index in [0.717, 1.165) is 12.1 Å². The highest BCUT2D eigenvalue weighted by atomic mass is 127. The van der Waals surface area contributed by atoms with Crippen LogP contribution in [0, 0.1) is 10.5 Å². The molecule has 2 rings (SSSR count). The van der Waals surface area contributed by atoms with Crippen LogP contribution < -0.4 is 0 Å². The first-order valence-electron chi connectivity index (χ1n) is 5.87. The minimum absolute atomic E-state index is 0.370. The highest BCUT2D eigenvalue weighted by Gasteiger charge is 2.31. The second-order valence-electron chi connectivity index (χ2n) is 4.30. The molecule has 8 heteroatoms. The molecule has 0 atom stereocenters. The van der Waals surface area contributed by atoms with Crippen molar-refractivity contribution in [1.29, 1.82) is 0 Å². The van der Waals surface area contributed by atoms with E-state index in [-0.39, 0.29) is 0 Å². The van der Waals surface area contributed by atoms with Gasteiger partial charge in [0.2, 0.25) is 0 Å². The molecular weight excluding hydrogens is 432 g/mol. The van der Waals surface area contributed by atoms with E-state index in [4.69, 9.17) is 4.55 Å². The average Bonchev–Trinajstić information content (AvgIpc) is 2.41. The molecule has 0 unspecified atom stereocenters. The molecule has 0 saturated carbocycles. The zero-order valence-electron chi connectivity index (χ0n) is 11.3. The van der Waals surface area contributed by atoms with E-state index in [1.807, 2.05) is 0 Å². The van der Waals surface area contributed by atoms with Gasteiger partial charge in [-0.25, -0.2) is 0 Å². The van der Waals surface area contributed by atoms with E-state index in [0.29, 0.717) is 12.1 Å². The molecule has 0 aliphatic carbocycles. The van der Waals surface area contributed by atoms with Crippen molar-refractivity contribution < 1.29 is 26.1 Å². The van der Waals surface area contributed by atoms with Crippen LogP contribution >= 0.6 is 22.6 Å². The number of alkyl halides is 3. The van der Waals surface area contributed by atoms with Crippen molar-refractivity contribution in [3.8, 4) is 0 Å². The number of aryl methyl sites for hydroxylation is 1. The van der Waals surface area contributed by atoms with Gasteiger partial charge in [-0.15, -0.1) is 0 Å². The molecule has 0 heterocycles. The monoisotopic (exact) mass is 444 g/mol. The first-order chi connectivity index (χ1) is 10.00. The van der Waals surface area contributed by atoms with Gasteiger partial charge in [0, 0.05) is 3.57 Å². The maximum Gasteiger partial charge on any atom is 0.416 e. The summed E-state index contributed by atoms with van der Waals surface area (Å²) in [5, 5.41) is 0. The molecule has 0 aliphatic heterocycles. The van der Waals surface area contributed by atoms with Crippen LogP contribution in [0.15, 0.2) is 53.4 Å². The maximum atomic E-state index is 12.1. The van der Waals surface area contributed by atoms with Crippen molar-refractivity contribution in [3.63, 3.8) is 0 Å². The molecule has 0 bridgehead atoms. The number of hydrogen-bond donors (Lipinski definition) is 1. The molecule has 1 N–H and O–H groups in total. The molecule has 120 valence electrons. The van der Waals surface area contributed by atoms with E-state index in [2.05, 4.69) is 53.8 Å². The Kier molecular flexibility index (Phi) is 6.38. The molecule has 0 fully saturated rings. The first-order valence-corrected chi connectivity index (χ1v) is 8.39. The fourth-order valence-corrected chi connectivity index (χ4v) is 2.25. The summed E-state index contributed by atoms with van der Waals surface area (Å²) < 4.78 is 67.0. The minimum atomic E-state index is -4.62. The fourth-order valence-electron chi connectivity index (χ4n) is 1.37. The second-order valence-corrected chi connectivity index (χ2v) is 6.96. The zero-order chi connectivity index (χ0) is 17.0. The molecule has 22 heavy (non-hydrogen) atoms. The number of halogens is 4. The molecule has 0 aromatic heterocycles. The quantitative estimate of drug-likeness (QED) is 0.519. The van der Waals surface area contributed by atoms with E-state index >= 15 is 0 Å². The number of rotatable bonds is 1. The van der Waals surface area contributed by atoms with E-state index < -0.39 is 26.8 Å². The van der Waals surface area contributed by atoms with Crippen molar-refractivity contribution in [2.45, 2.75) is 18.0 Å². The highest BCUT2D eigenvalue weighted by Crippen LogP contribution is 2.30. The molecule has 3 nitrogen and oxygen atoms in total. The van der Waals surface area contributed by atoms with Gasteiger partial charge >= 0.3 is 6.18 Å². The molecule has 0 spiro atoms. The lowest BCUT2D eigenvalue weighted by atomic mass is 10.2. The van der Waals surface area contributed by atoms with Gasteiger partial charge in [0.05, 0.1) is 10.5 Å². The van der Waals surface area contributed by atoms with Crippen molar-refractivity contribution in [2.24, 2.45) is 0 Å². The molecule has 2 aromatic rings. The van der Waals surface area contributed by atoms with Crippen molar-refractivity contribution in [1.82, 2.24) is 0 Å². The summed E-state index contributed by atoms with van der Waals surface area (Å²) in [6.07, 6.45) is -4.62. The maximum absolute atomic E-state index is 12.1. The molecule has 0 radical (unpaired) electrons. The summed E-state index contributed by atoms with van der Waals surface area (Å²) in [5.74, 6) is 0. The van der Waals surface area contributed by atoms with Gasteiger partial charge in [-0.1, -0.05) is 23.8 Å². The zero-order valence-corrected chi connectivity index (χ0v) is 14.3. The third-order valence-electron chi connectivity index (χ3n) is 2.47. The summed E-state index contributed by atoms with van der Waals surface area (Å²) in [6.45, 7) is 2.09. The topological polar surface area (TPSA) is 54.4 Å². The summed E-state index contributed by atoms with van der Waals surface area (Å²) in [6, 6.07) is 11.3. The number of hydrogen-bond acceptors (Lipinski definition) is 2. The van der Waals surface area contributed by atoms with Crippen LogP contribution in [0.1, 0.15) is 11.1 Å². The van der Waals surface area contributed by atoms with Gasteiger partial charge in [0.25, 0.3) is 10.1 Å². The van der Waals surface area contributed by atoms with Crippen molar-refractivity contribution >= 4 is 32.7 Å². The number of benzene rings is 2. The minimum Gasteiger partial charge on any atom is -0.282 e. The van der Waals surface area contributed by atoms with Crippen molar-refractivity contribution in [2.75, 3.05) is 0 Å². The van der Waals surface area contributed by atoms with Gasteiger partial charge in [0.15, 0.2) is 0 Å². The van der Waals surface area contributed by atoms with Crippen LogP contribution in [0.4, 0.5) is 13.2 Å². The summed E-state index contributed by atoms with van der Waals surface area (Å²) in [5.41, 5.74) is 0.207.